The molecule has 0 aliphatic heterocycles. The first kappa shape index (κ1) is 13.7. The molecular formula is C12H22N4O. The standard InChI is InChI=1S/C12H22N4O/c1-9(2)12-14-10(13)8-11(15-12)17-7-5-6-16(3)4/h8-9H,5-7H2,1-4H3,(H2,13,14,15). The number of anilines is 1. The highest BCUT2D eigenvalue weighted by Crippen LogP contribution is 2.16. The minimum absolute atomic E-state index is 0.252. The fourth-order valence-corrected chi connectivity index (χ4v) is 1.35. The maximum atomic E-state index is 5.71. The molecule has 0 atom stereocenters. The van der Waals surface area contributed by atoms with Gasteiger partial charge in [-0.1, -0.05) is 13.8 Å². The van der Waals surface area contributed by atoms with E-state index >= 15 is 0 Å². The maximum Gasteiger partial charge on any atom is 0.218 e. The van der Waals surface area contributed by atoms with Crippen molar-refractivity contribution in [1.82, 2.24) is 14.9 Å². The molecule has 5 heteroatoms. The molecule has 0 spiro atoms. The zero-order chi connectivity index (χ0) is 12.8. The molecule has 0 bridgehead atoms. The summed E-state index contributed by atoms with van der Waals surface area (Å²) in [5.74, 6) is 2.02. The molecule has 0 aromatic carbocycles. The average Bonchev–Trinajstić information content (AvgIpc) is 2.23. The van der Waals surface area contributed by atoms with Gasteiger partial charge in [-0.05, 0) is 20.5 Å². The lowest BCUT2D eigenvalue weighted by Gasteiger charge is -2.11. The van der Waals surface area contributed by atoms with Gasteiger partial charge in [-0.25, -0.2) is 4.98 Å². The fraction of sp³-hybridized carbons (Fsp3) is 0.667. The average molecular weight is 238 g/mol. The second-order valence-electron chi connectivity index (χ2n) is 4.65. The van der Waals surface area contributed by atoms with Gasteiger partial charge in [-0.3, -0.25) is 0 Å². The van der Waals surface area contributed by atoms with E-state index in [0.29, 0.717) is 18.3 Å². The Morgan fingerprint density at radius 2 is 2.06 bits per heavy atom. The molecule has 0 saturated heterocycles. The van der Waals surface area contributed by atoms with Gasteiger partial charge in [0.15, 0.2) is 0 Å². The molecular weight excluding hydrogens is 216 g/mol. The first-order chi connectivity index (χ1) is 7.99. The van der Waals surface area contributed by atoms with Crippen molar-refractivity contribution in [3.63, 3.8) is 0 Å². The normalized spacial score (nSPS) is 11.2. The van der Waals surface area contributed by atoms with E-state index in [1.54, 1.807) is 6.07 Å². The quantitative estimate of drug-likeness (QED) is 0.761. The van der Waals surface area contributed by atoms with E-state index in [4.69, 9.17) is 10.5 Å². The van der Waals surface area contributed by atoms with Crippen LogP contribution < -0.4 is 10.5 Å². The first-order valence-electron chi connectivity index (χ1n) is 5.91. The molecule has 1 aromatic rings. The lowest BCUT2D eigenvalue weighted by Crippen LogP contribution is -2.16. The van der Waals surface area contributed by atoms with Gasteiger partial charge in [-0.15, -0.1) is 0 Å². The Morgan fingerprint density at radius 1 is 1.35 bits per heavy atom. The van der Waals surface area contributed by atoms with E-state index in [1.165, 1.54) is 0 Å². The van der Waals surface area contributed by atoms with Crippen molar-refractivity contribution < 1.29 is 4.74 Å². The highest BCUT2D eigenvalue weighted by molar-refractivity contribution is 5.33. The highest BCUT2D eigenvalue weighted by Gasteiger charge is 2.07. The van der Waals surface area contributed by atoms with Crippen molar-refractivity contribution in [3.8, 4) is 5.88 Å². The highest BCUT2D eigenvalue weighted by atomic mass is 16.5. The van der Waals surface area contributed by atoms with Gasteiger partial charge < -0.3 is 15.4 Å². The van der Waals surface area contributed by atoms with Gasteiger partial charge in [0.2, 0.25) is 5.88 Å². The van der Waals surface area contributed by atoms with Gasteiger partial charge in [0.05, 0.1) is 6.61 Å². The lowest BCUT2D eigenvalue weighted by atomic mass is 10.2. The summed E-state index contributed by atoms with van der Waals surface area (Å²) in [6, 6.07) is 1.67. The molecule has 0 radical (unpaired) electrons. The van der Waals surface area contributed by atoms with E-state index < -0.39 is 0 Å². The summed E-state index contributed by atoms with van der Waals surface area (Å²) < 4.78 is 5.57. The van der Waals surface area contributed by atoms with Crippen molar-refractivity contribution in [2.45, 2.75) is 26.2 Å². The van der Waals surface area contributed by atoms with E-state index in [9.17, 15) is 0 Å². The zero-order valence-corrected chi connectivity index (χ0v) is 11.1. The summed E-state index contributed by atoms with van der Waals surface area (Å²) >= 11 is 0. The van der Waals surface area contributed by atoms with Gasteiger partial charge >= 0.3 is 0 Å². The van der Waals surface area contributed by atoms with Crippen LogP contribution in [0.4, 0.5) is 5.82 Å². The number of hydrogen-bond acceptors (Lipinski definition) is 5. The third kappa shape index (κ3) is 4.99. The summed E-state index contributed by atoms with van der Waals surface area (Å²) in [6.45, 7) is 5.71. The fourth-order valence-electron chi connectivity index (χ4n) is 1.35. The second kappa shape index (κ2) is 6.39. The molecule has 17 heavy (non-hydrogen) atoms. The Labute approximate surface area is 103 Å². The number of nitrogens with zero attached hydrogens (tertiary/aromatic N) is 3. The van der Waals surface area contributed by atoms with Gasteiger partial charge in [-0.2, -0.15) is 4.98 Å². The number of aromatic nitrogens is 2. The smallest absolute Gasteiger partial charge is 0.218 e. The van der Waals surface area contributed by atoms with Crippen LogP contribution in [0.2, 0.25) is 0 Å². The Kier molecular flexibility index (Phi) is 5.15. The van der Waals surface area contributed by atoms with Crippen LogP contribution in [0, 0.1) is 0 Å². The van der Waals surface area contributed by atoms with Crippen LogP contribution in [0.5, 0.6) is 5.88 Å². The molecule has 0 saturated carbocycles. The molecule has 96 valence electrons. The summed E-state index contributed by atoms with van der Waals surface area (Å²) in [4.78, 5) is 10.6. The van der Waals surface area contributed by atoms with Gasteiger partial charge in [0.25, 0.3) is 0 Å². The van der Waals surface area contributed by atoms with Crippen LogP contribution in [-0.2, 0) is 0 Å². The third-order valence-corrected chi connectivity index (χ3v) is 2.26. The Bertz CT molecular complexity index is 352. The Balaban J connectivity index is 2.53. The lowest BCUT2D eigenvalue weighted by molar-refractivity contribution is 0.272. The van der Waals surface area contributed by atoms with E-state index in [1.807, 2.05) is 27.9 Å². The van der Waals surface area contributed by atoms with E-state index in [2.05, 4.69) is 14.9 Å². The monoisotopic (exact) mass is 238 g/mol. The Morgan fingerprint density at radius 3 is 2.65 bits per heavy atom. The molecule has 1 rings (SSSR count). The van der Waals surface area contributed by atoms with Crippen LogP contribution in [-0.4, -0.2) is 42.1 Å². The molecule has 0 fully saturated rings. The topological polar surface area (TPSA) is 64.3 Å². The SMILES string of the molecule is CC(C)c1nc(N)cc(OCCCN(C)C)n1. The van der Waals surface area contributed by atoms with Gasteiger partial charge in [0.1, 0.15) is 11.6 Å². The third-order valence-electron chi connectivity index (χ3n) is 2.26. The summed E-state index contributed by atoms with van der Waals surface area (Å²) in [6.07, 6.45) is 0.966. The minimum Gasteiger partial charge on any atom is -0.477 e. The molecule has 0 aliphatic rings. The number of ether oxygens (including phenoxy) is 1. The summed E-state index contributed by atoms with van der Waals surface area (Å²) in [7, 11) is 4.08. The van der Waals surface area contributed by atoms with Gasteiger partial charge in [0, 0.05) is 18.5 Å². The number of nitrogens with two attached hydrogens (primary N) is 1. The minimum atomic E-state index is 0.252. The molecule has 2 N–H and O–H groups in total. The molecule has 1 heterocycles. The van der Waals surface area contributed by atoms with Crippen LogP contribution in [0.15, 0.2) is 6.07 Å². The van der Waals surface area contributed by atoms with Crippen molar-refractivity contribution in [1.29, 1.82) is 0 Å². The second-order valence-corrected chi connectivity index (χ2v) is 4.65. The molecule has 5 nitrogen and oxygen atoms in total. The molecule has 1 aromatic heterocycles. The zero-order valence-electron chi connectivity index (χ0n) is 11.1. The molecule has 0 unspecified atom stereocenters. The number of rotatable bonds is 6. The number of hydrogen-bond donors (Lipinski definition) is 1. The predicted octanol–water partition coefficient (Wildman–Crippen LogP) is 1.51. The predicted molar refractivity (Wildman–Crippen MR) is 69.2 cm³/mol. The van der Waals surface area contributed by atoms with Crippen LogP contribution >= 0.6 is 0 Å². The summed E-state index contributed by atoms with van der Waals surface area (Å²) in [5.41, 5.74) is 5.71. The van der Waals surface area contributed by atoms with Crippen LogP contribution in [0.25, 0.3) is 0 Å². The maximum absolute atomic E-state index is 5.71. The number of nitrogen functional groups attached to an aromatic ring is 1. The van der Waals surface area contributed by atoms with Crippen molar-refractivity contribution in [2.24, 2.45) is 0 Å². The van der Waals surface area contributed by atoms with Crippen molar-refractivity contribution in [2.75, 3.05) is 33.0 Å². The molecule has 0 amide bonds. The largest absolute Gasteiger partial charge is 0.477 e. The van der Waals surface area contributed by atoms with E-state index in [-0.39, 0.29) is 5.92 Å². The van der Waals surface area contributed by atoms with E-state index in [0.717, 1.165) is 18.8 Å². The van der Waals surface area contributed by atoms with Crippen molar-refractivity contribution >= 4 is 5.82 Å². The van der Waals surface area contributed by atoms with Crippen LogP contribution in [0.3, 0.4) is 0 Å². The summed E-state index contributed by atoms with van der Waals surface area (Å²) in [5, 5.41) is 0. The molecule has 0 aliphatic carbocycles. The van der Waals surface area contributed by atoms with Crippen molar-refractivity contribution in [3.05, 3.63) is 11.9 Å². The van der Waals surface area contributed by atoms with Crippen LogP contribution in [0.1, 0.15) is 32.0 Å². The first-order valence-corrected chi connectivity index (χ1v) is 5.91. The Hall–Kier alpha value is -1.36.